The lowest BCUT2D eigenvalue weighted by Crippen LogP contribution is -2.56. The van der Waals surface area contributed by atoms with Crippen LogP contribution >= 0.6 is 0 Å². The maximum atomic E-state index is 13.0. The predicted molar refractivity (Wildman–Crippen MR) is 129 cm³/mol. The van der Waals surface area contributed by atoms with E-state index in [0.717, 1.165) is 36.0 Å². The Labute approximate surface area is 196 Å². The van der Waals surface area contributed by atoms with E-state index in [0.29, 0.717) is 23.7 Å². The molecule has 0 spiro atoms. The van der Waals surface area contributed by atoms with E-state index in [4.69, 9.17) is 4.74 Å². The molecule has 0 amide bonds. The number of hydrogen-bond acceptors (Lipinski definition) is 3. The highest BCUT2D eigenvalue weighted by molar-refractivity contribution is 5.86. The van der Waals surface area contributed by atoms with Crippen LogP contribution in [-0.2, 0) is 14.3 Å². The Morgan fingerprint density at radius 2 is 1.72 bits per heavy atom. The molecule has 0 aromatic heterocycles. The van der Waals surface area contributed by atoms with Gasteiger partial charge in [-0.15, -0.1) is 0 Å². The fourth-order valence-electron chi connectivity index (χ4n) is 9.42. The Bertz CT molecular complexity index is 713. The molecule has 0 heterocycles. The molecule has 4 aliphatic carbocycles. The lowest BCUT2D eigenvalue weighted by Gasteiger charge is -2.61. The largest absolute Gasteiger partial charge is 0.455 e. The molecular weight excluding hydrogens is 396 g/mol. The summed E-state index contributed by atoms with van der Waals surface area (Å²) >= 11 is 0. The molecule has 0 saturated heterocycles. The van der Waals surface area contributed by atoms with Gasteiger partial charge in [-0.2, -0.15) is 0 Å². The molecule has 0 aromatic rings. The highest BCUT2D eigenvalue weighted by atomic mass is 16.5. The Hall–Kier alpha value is -0.860. The van der Waals surface area contributed by atoms with Crippen molar-refractivity contribution >= 4 is 11.8 Å². The number of Topliss-reactive ketones (excluding diaryl/α,β-unsaturated/α-hetero) is 1. The highest BCUT2D eigenvalue weighted by Crippen LogP contribution is 2.68. The molecule has 0 aromatic carbocycles. The number of hydrogen-bond donors (Lipinski definition) is 0. The van der Waals surface area contributed by atoms with Crippen LogP contribution in [-0.4, -0.2) is 17.9 Å². The first-order valence-corrected chi connectivity index (χ1v) is 13.8. The quantitative estimate of drug-likeness (QED) is 0.406. The molecule has 0 unspecified atom stereocenters. The van der Waals surface area contributed by atoms with Crippen molar-refractivity contribution in [2.45, 2.75) is 118 Å². The van der Waals surface area contributed by atoms with Gasteiger partial charge in [-0.3, -0.25) is 9.59 Å². The molecule has 182 valence electrons. The monoisotopic (exact) mass is 444 g/mol. The van der Waals surface area contributed by atoms with E-state index < -0.39 is 6.10 Å². The first-order valence-electron chi connectivity index (χ1n) is 13.8. The second-order valence-corrected chi connectivity index (χ2v) is 13.2. The minimum absolute atomic E-state index is 0.110. The zero-order valence-electron chi connectivity index (χ0n) is 21.6. The lowest BCUT2D eigenvalue weighted by atomic mass is 9.44. The van der Waals surface area contributed by atoms with E-state index in [-0.39, 0.29) is 17.2 Å². The third-order valence-electron chi connectivity index (χ3n) is 11.0. The van der Waals surface area contributed by atoms with E-state index in [1.165, 1.54) is 64.7 Å². The van der Waals surface area contributed by atoms with Crippen molar-refractivity contribution in [1.29, 1.82) is 0 Å². The molecule has 32 heavy (non-hydrogen) atoms. The molecule has 4 saturated carbocycles. The molecule has 9 atom stereocenters. The summed E-state index contributed by atoms with van der Waals surface area (Å²) in [7, 11) is 0. The minimum Gasteiger partial charge on any atom is -0.455 e. The third kappa shape index (κ3) is 4.20. The normalized spacial score (nSPS) is 44.5. The summed E-state index contributed by atoms with van der Waals surface area (Å²) < 4.78 is 5.42. The van der Waals surface area contributed by atoms with Crippen LogP contribution in [0.2, 0.25) is 0 Å². The van der Waals surface area contributed by atoms with Crippen LogP contribution in [0.5, 0.6) is 0 Å². The zero-order chi connectivity index (χ0) is 23.3. The topological polar surface area (TPSA) is 43.4 Å². The Kier molecular flexibility index (Phi) is 6.87. The Morgan fingerprint density at radius 1 is 1.00 bits per heavy atom. The van der Waals surface area contributed by atoms with Gasteiger partial charge in [0.25, 0.3) is 0 Å². The fourth-order valence-corrected chi connectivity index (χ4v) is 9.42. The molecule has 0 radical (unpaired) electrons. The Morgan fingerprint density at radius 3 is 2.41 bits per heavy atom. The number of ether oxygens (including phenoxy) is 1. The number of carbonyl (C=O) groups is 2. The summed E-state index contributed by atoms with van der Waals surface area (Å²) in [6.07, 6.45) is 13.0. The summed E-state index contributed by atoms with van der Waals surface area (Å²) in [5.74, 6) is 5.25. The number of esters is 1. The average Bonchev–Trinajstić information content (AvgIpc) is 3.05. The van der Waals surface area contributed by atoms with Crippen LogP contribution in [0.3, 0.4) is 0 Å². The van der Waals surface area contributed by atoms with Crippen molar-refractivity contribution in [3.05, 3.63) is 0 Å². The maximum Gasteiger partial charge on any atom is 0.303 e. The van der Waals surface area contributed by atoms with Gasteiger partial charge in [0.2, 0.25) is 0 Å². The van der Waals surface area contributed by atoms with Gasteiger partial charge in [-0.1, -0.05) is 53.9 Å². The van der Waals surface area contributed by atoms with E-state index in [9.17, 15) is 9.59 Å². The van der Waals surface area contributed by atoms with E-state index in [1.807, 2.05) is 0 Å². The van der Waals surface area contributed by atoms with Gasteiger partial charge in [0.1, 0.15) is 0 Å². The van der Waals surface area contributed by atoms with Crippen LogP contribution in [0, 0.1) is 52.3 Å². The summed E-state index contributed by atoms with van der Waals surface area (Å²) in [6, 6.07) is 0. The van der Waals surface area contributed by atoms with Crippen molar-refractivity contribution in [3.63, 3.8) is 0 Å². The third-order valence-corrected chi connectivity index (χ3v) is 11.0. The van der Waals surface area contributed by atoms with Crippen LogP contribution in [0.1, 0.15) is 112 Å². The summed E-state index contributed by atoms with van der Waals surface area (Å²) in [4.78, 5) is 24.5. The molecule has 4 fully saturated rings. The van der Waals surface area contributed by atoms with Gasteiger partial charge < -0.3 is 4.74 Å². The van der Waals surface area contributed by atoms with Gasteiger partial charge in [-0.05, 0) is 97.2 Å². The minimum atomic E-state index is -0.487. The zero-order valence-corrected chi connectivity index (χ0v) is 21.6. The second-order valence-electron chi connectivity index (χ2n) is 13.2. The van der Waals surface area contributed by atoms with Crippen molar-refractivity contribution in [1.82, 2.24) is 0 Å². The van der Waals surface area contributed by atoms with Crippen molar-refractivity contribution in [2.24, 2.45) is 52.3 Å². The smallest absolute Gasteiger partial charge is 0.303 e. The van der Waals surface area contributed by atoms with Crippen molar-refractivity contribution in [3.8, 4) is 0 Å². The van der Waals surface area contributed by atoms with Gasteiger partial charge >= 0.3 is 5.97 Å². The van der Waals surface area contributed by atoms with E-state index in [1.54, 1.807) is 0 Å². The first-order chi connectivity index (χ1) is 15.1. The molecule has 4 rings (SSSR count). The van der Waals surface area contributed by atoms with E-state index >= 15 is 0 Å². The highest BCUT2D eigenvalue weighted by Gasteiger charge is 2.61. The number of carbonyl (C=O) groups excluding carboxylic acids is 2. The van der Waals surface area contributed by atoms with Crippen molar-refractivity contribution < 1.29 is 14.3 Å². The molecule has 4 aliphatic rings. The molecule has 0 aliphatic heterocycles. The van der Waals surface area contributed by atoms with Gasteiger partial charge in [0, 0.05) is 13.3 Å². The number of fused-ring (bicyclic) bond motifs is 5. The summed E-state index contributed by atoms with van der Waals surface area (Å²) in [5, 5.41) is 0. The van der Waals surface area contributed by atoms with Gasteiger partial charge in [0.15, 0.2) is 11.9 Å². The van der Waals surface area contributed by atoms with Crippen LogP contribution in [0.25, 0.3) is 0 Å². The summed E-state index contributed by atoms with van der Waals surface area (Å²) in [6.45, 7) is 13.7. The summed E-state index contributed by atoms with van der Waals surface area (Å²) in [5.41, 5.74) is 0.611. The maximum absolute atomic E-state index is 13.0. The molecule has 0 N–H and O–H groups in total. The van der Waals surface area contributed by atoms with Gasteiger partial charge in [-0.25, -0.2) is 0 Å². The first kappa shape index (κ1) is 24.3. The number of ketones is 1. The predicted octanol–water partition coefficient (Wildman–Crippen LogP) is 7.22. The van der Waals surface area contributed by atoms with E-state index in [2.05, 4.69) is 34.6 Å². The van der Waals surface area contributed by atoms with Crippen LogP contribution in [0.4, 0.5) is 0 Å². The van der Waals surface area contributed by atoms with Gasteiger partial charge in [0.05, 0.1) is 0 Å². The standard InChI is InChI=1S/C29H48O3/c1-18(2)8-7-9-19(3)23-12-13-24-22-11-10-21-16-27(32-20(4)30)26(31)17-29(21,6)25(22)14-15-28(23,24)5/h18-19,21-25,27H,7-17H2,1-6H3/t19-,21+,22+,23-,24+,25+,27-,28-,29+/m1/s1. The van der Waals surface area contributed by atoms with Crippen molar-refractivity contribution in [2.75, 3.05) is 0 Å². The molecule has 3 heteroatoms. The Balaban J connectivity index is 1.46. The fraction of sp³-hybridized carbons (Fsp3) is 0.931. The van der Waals surface area contributed by atoms with Crippen LogP contribution in [0.15, 0.2) is 0 Å². The lowest BCUT2D eigenvalue weighted by molar-refractivity contribution is -0.170. The second kappa shape index (κ2) is 9.06. The molecular formula is C29H48O3. The average molecular weight is 445 g/mol. The SMILES string of the molecule is CC(=O)O[C@@H]1C[C@@H]2CC[C@@H]3[C@H](CC[C@]4(C)[C@@H]([C@H](C)CCCC(C)C)CC[C@@H]34)[C@@]2(C)CC1=O. The number of rotatable bonds is 6. The molecule has 3 nitrogen and oxygen atoms in total. The molecule has 0 bridgehead atoms. The van der Waals surface area contributed by atoms with Crippen LogP contribution < -0.4 is 0 Å².